The van der Waals surface area contributed by atoms with Gasteiger partial charge >= 0.3 is 0 Å². The van der Waals surface area contributed by atoms with Gasteiger partial charge in [0.15, 0.2) is 0 Å². The molecule has 0 aliphatic carbocycles. The van der Waals surface area contributed by atoms with Crippen LogP contribution in [0.25, 0.3) is 21.8 Å². The van der Waals surface area contributed by atoms with Crippen molar-refractivity contribution in [3.63, 3.8) is 0 Å². The van der Waals surface area contributed by atoms with E-state index in [4.69, 9.17) is 0 Å². The van der Waals surface area contributed by atoms with Gasteiger partial charge in [-0.25, -0.2) is 0 Å². The van der Waals surface area contributed by atoms with E-state index in [1.54, 1.807) is 6.07 Å². The molecule has 0 saturated heterocycles. The Morgan fingerprint density at radius 1 is 1.28 bits per heavy atom. The molecule has 0 aliphatic heterocycles. The molecule has 1 heterocycles. The van der Waals surface area contributed by atoms with Gasteiger partial charge in [-0.3, -0.25) is 0 Å². The Balaban J connectivity index is 2.43. The molecule has 0 amide bonds. The summed E-state index contributed by atoms with van der Waals surface area (Å²) in [5.41, 5.74) is 4.25. The van der Waals surface area contributed by atoms with Crippen molar-refractivity contribution in [2.24, 2.45) is 0 Å². The van der Waals surface area contributed by atoms with E-state index >= 15 is 0 Å². The highest BCUT2D eigenvalue weighted by Gasteiger charge is 2.09. The molecular formula is C16H15NO. The first-order chi connectivity index (χ1) is 8.70. The number of H-pyrrole nitrogens is 1. The van der Waals surface area contributed by atoms with Crippen LogP contribution in [0.3, 0.4) is 0 Å². The molecule has 2 N–H and O–H groups in total. The molecule has 90 valence electrons. The molecule has 1 aromatic heterocycles. The van der Waals surface area contributed by atoms with Crippen LogP contribution in [-0.4, -0.2) is 10.1 Å². The lowest BCUT2D eigenvalue weighted by Gasteiger charge is -2.02. The maximum absolute atomic E-state index is 9.97. The summed E-state index contributed by atoms with van der Waals surface area (Å²) < 4.78 is 0. The van der Waals surface area contributed by atoms with Crippen molar-refractivity contribution >= 4 is 21.8 Å². The number of aryl methyl sites for hydroxylation is 1. The maximum atomic E-state index is 9.97. The van der Waals surface area contributed by atoms with Crippen molar-refractivity contribution in [3.8, 4) is 5.75 Å². The van der Waals surface area contributed by atoms with Crippen LogP contribution in [0.5, 0.6) is 5.75 Å². The number of aromatic amines is 1. The van der Waals surface area contributed by atoms with Crippen LogP contribution in [0.4, 0.5) is 0 Å². The fourth-order valence-electron chi connectivity index (χ4n) is 2.54. The molecule has 0 unspecified atom stereocenters. The highest BCUT2D eigenvalue weighted by molar-refractivity contribution is 6.09. The fraction of sp³-hybridized carbons (Fsp3) is 0.125. The zero-order valence-corrected chi connectivity index (χ0v) is 10.3. The lowest BCUT2D eigenvalue weighted by Crippen LogP contribution is -1.82. The van der Waals surface area contributed by atoms with Crippen LogP contribution in [0.1, 0.15) is 11.1 Å². The van der Waals surface area contributed by atoms with Gasteiger partial charge < -0.3 is 10.1 Å². The highest BCUT2D eigenvalue weighted by Crippen LogP contribution is 2.32. The highest BCUT2D eigenvalue weighted by atomic mass is 16.3. The van der Waals surface area contributed by atoms with Crippen LogP contribution in [0, 0.1) is 6.92 Å². The van der Waals surface area contributed by atoms with Crippen LogP contribution < -0.4 is 0 Å². The molecule has 0 spiro atoms. The number of phenolic OH excluding ortho intramolecular Hbond substituents is 1. The Labute approximate surface area is 106 Å². The van der Waals surface area contributed by atoms with Gasteiger partial charge in [0.25, 0.3) is 0 Å². The van der Waals surface area contributed by atoms with Gasteiger partial charge in [0.05, 0.1) is 5.52 Å². The molecule has 2 nitrogen and oxygen atoms in total. The third-order valence-corrected chi connectivity index (χ3v) is 3.39. The number of fused-ring (bicyclic) bond motifs is 3. The lowest BCUT2D eigenvalue weighted by molar-refractivity contribution is 0.470. The molecule has 18 heavy (non-hydrogen) atoms. The van der Waals surface area contributed by atoms with Crippen LogP contribution in [-0.2, 0) is 6.42 Å². The number of hydrogen-bond acceptors (Lipinski definition) is 1. The van der Waals surface area contributed by atoms with Gasteiger partial charge in [0, 0.05) is 22.4 Å². The molecule has 0 saturated carbocycles. The van der Waals surface area contributed by atoms with Crippen LogP contribution >= 0.6 is 0 Å². The van der Waals surface area contributed by atoms with E-state index < -0.39 is 0 Å². The van der Waals surface area contributed by atoms with Gasteiger partial charge in [-0.05, 0) is 36.6 Å². The first-order valence-corrected chi connectivity index (χ1v) is 6.04. The van der Waals surface area contributed by atoms with Gasteiger partial charge in [0.2, 0.25) is 0 Å². The smallest absolute Gasteiger partial charge is 0.121 e. The minimum atomic E-state index is 0.326. The third-order valence-electron chi connectivity index (χ3n) is 3.39. The second-order valence-corrected chi connectivity index (χ2v) is 4.64. The van der Waals surface area contributed by atoms with E-state index in [0.29, 0.717) is 12.2 Å². The van der Waals surface area contributed by atoms with Gasteiger partial charge in [-0.2, -0.15) is 0 Å². The second kappa shape index (κ2) is 3.91. The normalized spacial score (nSPS) is 11.2. The topological polar surface area (TPSA) is 36.0 Å². The first-order valence-electron chi connectivity index (χ1n) is 6.04. The Kier molecular flexibility index (Phi) is 2.37. The molecule has 3 rings (SSSR count). The molecule has 0 atom stereocenters. The average molecular weight is 237 g/mol. The molecule has 0 bridgehead atoms. The van der Waals surface area contributed by atoms with Gasteiger partial charge in [-0.15, -0.1) is 6.58 Å². The van der Waals surface area contributed by atoms with E-state index in [9.17, 15) is 5.11 Å². The zero-order valence-electron chi connectivity index (χ0n) is 10.3. The van der Waals surface area contributed by atoms with E-state index in [2.05, 4.69) is 36.7 Å². The molecule has 2 aromatic carbocycles. The summed E-state index contributed by atoms with van der Waals surface area (Å²) in [7, 11) is 0. The predicted octanol–water partition coefficient (Wildman–Crippen LogP) is 4.06. The van der Waals surface area contributed by atoms with Gasteiger partial charge in [-0.1, -0.05) is 18.2 Å². The Morgan fingerprint density at radius 2 is 2.11 bits per heavy atom. The van der Waals surface area contributed by atoms with Crippen molar-refractivity contribution in [2.45, 2.75) is 13.3 Å². The molecule has 0 fully saturated rings. The van der Waals surface area contributed by atoms with Gasteiger partial charge in [0.1, 0.15) is 5.75 Å². The van der Waals surface area contributed by atoms with Crippen molar-refractivity contribution < 1.29 is 5.11 Å². The maximum Gasteiger partial charge on any atom is 0.121 e. The summed E-state index contributed by atoms with van der Waals surface area (Å²) in [6, 6.07) is 10.1. The largest absolute Gasteiger partial charge is 0.508 e. The number of rotatable bonds is 2. The average Bonchev–Trinajstić information content (AvgIpc) is 2.68. The first kappa shape index (κ1) is 10.9. The molecule has 0 radical (unpaired) electrons. The van der Waals surface area contributed by atoms with Crippen molar-refractivity contribution in [1.29, 1.82) is 0 Å². The zero-order chi connectivity index (χ0) is 12.7. The minimum Gasteiger partial charge on any atom is -0.508 e. The Hall–Kier alpha value is -2.22. The Morgan fingerprint density at radius 3 is 2.89 bits per heavy atom. The standard InChI is InChI=1S/C16H15NO/c1-3-5-11-8-12-14(9-15(11)18)17-13-7-4-6-10(2)16(12)13/h3-4,6-9,17-18H,1,5H2,2H3. The lowest BCUT2D eigenvalue weighted by atomic mass is 10.0. The minimum absolute atomic E-state index is 0.326. The SMILES string of the molecule is C=CCc1cc2c(cc1O)[nH]c1cccc(C)c12. The third kappa shape index (κ3) is 1.50. The fourth-order valence-corrected chi connectivity index (χ4v) is 2.54. The van der Waals surface area contributed by atoms with Crippen molar-refractivity contribution in [3.05, 3.63) is 54.1 Å². The summed E-state index contributed by atoms with van der Waals surface area (Å²) >= 11 is 0. The summed E-state index contributed by atoms with van der Waals surface area (Å²) in [6.45, 7) is 5.83. The molecule has 2 heteroatoms. The van der Waals surface area contributed by atoms with E-state index in [-0.39, 0.29) is 0 Å². The molecule has 0 aliphatic rings. The van der Waals surface area contributed by atoms with E-state index in [0.717, 1.165) is 22.0 Å². The van der Waals surface area contributed by atoms with Crippen molar-refractivity contribution in [1.82, 2.24) is 4.98 Å². The predicted molar refractivity (Wildman–Crippen MR) is 76.1 cm³/mol. The number of allylic oxidation sites excluding steroid dienone is 1. The quantitative estimate of drug-likeness (QED) is 0.648. The summed E-state index contributed by atoms with van der Waals surface area (Å²) in [6.07, 6.45) is 2.49. The number of phenols is 1. The number of aromatic hydroxyl groups is 1. The number of nitrogens with one attached hydrogen (secondary N) is 1. The number of hydrogen-bond donors (Lipinski definition) is 2. The van der Waals surface area contributed by atoms with Crippen LogP contribution in [0.15, 0.2) is 43.0 Å². The number of benzene rings is 2. The molecule has 3 aromatic rings. The van der Waals surface area contributed by atoms with E-state index in [1.807, 2.05) is 12.1 Å². The summed E-state index contributed by atoms with van der Waals surface area (Å²) in [5, 5.41) is 12.4. The van der Waals surface area contributed by atoms with E-state index in [1.165, 1.54) is 10.9 Å². The summed E-state index contributed by atoms with van der Waals surface area (Å²) in [5.74, 6) is 0.326. The van der Waals surface area contributed by atoms with Crippen molar-refractivity contribution in [2.75, 3.05) is 0 Å². The monoisotopic (exact) mass is 237 g/mol. The number of aromatic nitrogens is 1. The second-order valence-electron chi connectivity index (χ2n) is 4.64. The Bertz CT molecular complexity index is 752. The summed E-state index contributed by atoms with van der Waals surface area (Å²) in [4.78, 5) is 3.34. The van der Waals surface area contributed by atoms with Crippen LogP contribution in [0.2, 0.25) is 0 Å². The molecular weight excluding hydrogens is 222 g/mol.